The molecule has 3 aromatic rings. The van der Waals surface area contributed by atoms with Crippen molar-refractivity contribution in [3.63, 3.8) is 0 Å². The number of nitrogens with one attached hydrogen (secondary N) is 2. The molecule has 136 valence electrons. The molecule has 0 aliphatic heterocycles. The summed E-state index contributed by atoms with van der Waals surface area (Å²) in [7, 11) is -4.34. The van der Waals surface area contributed by atoms with E-state index in [0.717, 1.165) is 6.07 Å². The highest BCUT2D eigenvalue weighted by Crippen LogP contribution is 2.30. The monoisotopic (exact) mass is 380 g/mol. The maximum atomic E-state index is 13.4. The van der Waals surface area contributed by atoms with Crippen molar-refractivity contribution in [1.82, 2.24) is 0 Å². The van der Waals surface area contributed by atoms with Crippen LogP contribution in [0.5, 0.6) is 0 Å². The number of benzene rings is 2. The Morgan fingerprint density at radius 1 is 1.04 bits per heavy atom. The predicted molar refractivity (Wildman–Crippen MR) is 93.8 cm³/mol. The van der Waals surface area contributed by atoms with Crippen molar-refractivity contribution in [2.45, 2.75) is 11.8 Å². The summed E-state index contributed by atoms with van der Waals surface area (Å²) in [5.41, 5.74) is -0.726. The Labute approximate surface area is 147 Å². The fourth-order valence-electron chi connectivity index (χ4n) is 2.44. The van der Waals surface area contributed by atoms with Crippen LogP contribution in [-0.4, -0.2) is 15.0 Å². The van der Waals surface area contributed by atoms with Gasteiger partial charge in [0.25, 0.3) is 10.0 Å². The lowest BCUT2D eigenvalue weighted by molar-refractivity contribution is 0.504. The van der Waals surface area contributed by atoms with Crippen LogP contribution in [0.15, 0.2) is 56.6 Å². The first-order valence-corrected chi connectivity index (χ1v) is 9.09. The number of sulfonamides is 1. The summed E-state index contributed by atoms with van der Waals surface area (Å²) >= 11 is 0. The van der Waals surface area contributed by atoms with Gasteiger partial charge in [-0.1, -0.05) is 12.1 Å². The summed E-state index contributed by atoms with van der Waals surface area (Å²) in [5.74, 6) is -2.49. The molecule has 0 aliphatic carbocycles. The molecule has 2 N–H and O–H groups in total. The summed E-state index contributed by atoms with van der Waals surface area (Å²) in [6, 6.07) is 8.74. The highest BCUT2D eigenvalue weighted by molar-refractivity contribution is 7.92. The van der Waals surface area contributed by atoms with E-state index >= 15 is 0 Å². The molecule has 0 amide bonds. The summed E-state index contributed by atoms with van der Waals surface area (Å²) < 4.78 is 58.7. The highest BCUT2D eigenvalue weighted by Gasteiger charge is 2.22. The minimum absolute atomic E-state index is 0.241. The van der Waals surface area contributed by atoms with Crippen molar-refractivity contribution in [2.75, 3.05) is 16.6 Å². The maximum Gasteiger partial charge on any atom is 0.363 e. The SMILES string of the molecule is CCNc1c(NS(=O)(=O)c2ccc(F)c(F)c2)c(=O)oc2ccccc12. The summed E-state index contributed by atoms with van der Waals surface area (Å²) in [5, 5.41) is 3.43. The Balaban J connectivity index is 2.15. The Morgan fingerprint density at radius 3 is 2.46 bits per heavy atom. The van der Waals surface area contributed by atoms with E-state index in [0.29, 0.717) is 24.1 Å². The van der Waals surface area contributed by atoms with E-state index in [1.54, 1.807) is 31.2 Å². The van der Waals surface area contributed by atoms with Gasteiger partial charge in [-0.2, -0.15) is 0 Å². The third-order valence-electron chi connectivity index (χ3n) is 3.60. The van der Waals surface area contributed by atoms with E-state index in [2.05, 4.69) is 10.0 Å². The van der Waals surface area contributed by atoms with Gasteiger partial charge in [0.2, 0.25) is 0 Å². The third-order valence-corrected chi connectivity index (χ3v) is 4.95. The average Bonchev–Trinajstić information content (AvgIpc) is 2.60. The van der Waals surface area contributed by atoms with Crippen LogP contribution >= 0.6 is 0 Å². The maximum absolute atomic E-state index is 13.4. The average molecular weight is 380 g/mol. The van der Waals surface area contributed by atoms with E-state index in [1.165, 1.54) is 0 Å². The van der Waals surface area contributed by atoms with Crippen molar-refractivity contribution in [1.29, 1.82) is 0 Å². The molecular weight excluding hydrogens is 366 g/mol. The van der Waals surface area contributed by atoms with Crippen LogP contribution in [-0.2, 0) is 10.0 Å². The predicted octanol–water partition coefficient (Wildman–Crippen LogP) is 3.30. The number of para-hydroxylation sites is 1. The molecular formula is C17H14F2N2O4S. The molecule has 0 saturated carbocycles. The molecule has 26 heavy (non-hydrogen) atoms. The zero-order valence-corrected chi connectivity index (χ0v) is 14.4. The van der Waals surface area contributed by atoms with Gasteiger partial charge in [-0.05, 0) is 37.3 Å². The molecule has 0 radical (unpaired) electrons. The fourth-order valence-corrected chi connectivity index (χ4v) is 3.52. The number of hydrogen-bond donors (Lipinski definition) is 2. The summed E-state index contributed by atoms with van der Waals surface area (Å²) in [4.78, 5) is 11.8. The van der Waals surface area contributed by atoms with Crippen LogP contribution in [0.2, 0.25) is 0 Å². The van der Waals surface area contributed by atoms with E-state index in [1.807, 2.05) is 0 Å². The van der Waals surface area contributed by atoms with E-state index < -0.39 is 32.2 Å². The van der Waals surface area contributed by atoms with Crippen LogP contribution in [0.4, 0.5) is 20.2 Å². The molecule has 6 nitrogen and oxygen atoms in total. The van der Waals surface area contributed by atoms with Gasteiger partial charge in [-0.3, -0.25) is 4.72 Å². The first-order valence-electron chi connectivity index (χ1n) is 7.61. The second kappa shape index (κ2) is 6.75. The van der Waals surface area contributed by atoms with Crippen LogP contribution in [0.1, 0.15) is 6.92 Å². The lowest BCUT2D eigenvalue weighted by Crippen LogP contribution is -2.21. The Hall–Kier alpha value is -2.94. The lowest BCUT2D eigenvalue weighted by Gasteiger charge is -2.14. The molecule has 1 heterocycles. The second-order valence-electron chi connectivity index (χ2n) is 5.35. The van der Waals surface area contributed by atoms with Crippen molar-refractivity contribution >= 4 is 32.4 Å². The molecule has 0 saturated heterocycles. The standard InChI is InChI=1S/C17H14F2N2O4S/c1-2-20-15-11-5-3-4-6-14(11)25-17(22)16(15)21-26(23,24)10-7-8-12(18)13(19)9-10/h3-9,20-21H,2H2,1H3. The van der Waals surface area contributed by atoms with Crippen LogP contribution in [0, 0.1) is 11.6 Å². The normalized spacial score (nSPS) is 11.5. The van der Waals surface area contributed by atoms with Crippen molar-refractivity contribution in [2.24, 2.45) is 0 Å². The van der Waals surface area contributed by atoms with Gasteiger partial charge in [-0.15, -0.1) is 0 Å². The molecule has 2 aromatic carbocycles. The van der Waals surface area contributed by atoms with E-state index in [-0.39, 0.29) is 17.0 Å². The van der Waals surface area contributed by atoms with Crippen LogP contribution < -0.4 is 15.7 Å². The molecule has 0 atom stereocenters. The first-order chi connectivity index (χ1) is 12.3. The first kappa shape index (κ1) is 17.9. The van der Waals surface area contributed by atoms with E-state index in [4.69, 9.17) is 4.42 Å². The molecule has 9 heteroatoms. The van der Waals surface area contributed by atoms with Crippen molar-refractivity contribution in [3.05, 3.63) is 64.5 Å². The van der Waals surface area contributed by atoms with Gasteiger partial charge < -0.3 is 9.73 Å². The summed E-state index contributed by atoms with van der Waals surface area (Å²) in [6.07, 6.45) is 0. The van der Waals surface area contributed by atoms with Gasteiger partial charge in [0, 0.05) is 11.9 Å². The second-order valence-corrected chi connectivity index (χ2v) is 7.03. The summed E-state index contributed by atoms with van der Waals surface area (Å²) in [6.45, 7) is 2.18. The van der Waals surface area contributed by atoms with Crippen molar-refractivity contribution in [3.8, 4) is 0 Å². The van der Waals surface area contributed by atoms with E-state index in [9.17, 15) is 22.0 Å². The number of anilines is 2. The smallest absolute Gasteiger partial charge is 0.363 e. The molecule has 0 unspecified atom stereocenters. The molecule has 3 rings (SSSR count). The highest BCUT2D eigenvalue weighted by atomic mass is 32.2. The molecule has 0 fully saturated rings. The topological polar surface area (TPSA) is 88.4 Å². The van der Waals surface area contributed by atoms with Gasteiger partial charge in [-0.25, -0.2) is 22.0 Å². The minimum atomic E-state index is -4.34. The Morgan fingerprint density at radius 2 is 1.77 bits per heavy atom. The Bertz CT molecular complexity index is 1140. The minimum Gasteiger partial charge on any atom is -0.421 e. The van der Waals surface area contributed by atoms with Gasteiger partial charge in [0.15, 0.2) is 17.3 Å². The number of halogens is 2. The zero-order valence-electron chi connectivity index (χ0n) is 13.5. The van der Waals surface area contributed by atoms with Crippen LogP contribution in [0.25, 0.3) is 11.0 Å². The molecule has 0 aliphatic rings. The third kappa shape index (κ3) is 3.25. The fraction of sp³-hybridized carbons (Fsp3) is 0.118. The lowest BCUT2D eigenvalue weighted by atomic mass is 10.2. The number of fused-ring (bicyclic) bond motifs is 1. The molecule has 0 spiro atoms. The zero-order chi connectivity index (χ0) is 18.9. The van der Waals surface area contributed by atoms with Gasteiger partial charge in [0.1, 0.15) is 5.58 Å². The van der Waals surface area contributed by atoms with Crippen molar-refractivity contribution < 1.29 is 21.6 Å². The number of rotatable bonds is 5. The van der Waals surface area contributed by atoms with Gasteiger partial charge in [0.05, 0.1) is 10.6 Å². The molecule has 1 aromatic heterocycles. The quantitative estimate of drug-likeness (QED) is 0.663. The largest absolute Gasteiger partial charge is 0.421 e. The molecule has 0 bridgehead atoms. The van der Waals surface area contributed by atoms with Crippen LogP contribution in [0.3, 0.4) is 0 Å². The number of hydrogen-bond acceptors (Lipinski definition) is 5. The Kier molecular flexibility index (Phi) is 4.64. The van der Waals surface area contributed by atoms with Gasteiger partial charge >= 0.3 is 5.63 Å².